The molecule has 16 heavy (non-hydrogen) atoms. The summed E-state index contributed by atoms with van der Waals surface area (Å²) in [5.74, 6) is -0.142. The van der Waals surface area contributed by atoms with E-state index in [-0.39, 0.29) is 11.9 Å². The van der Waals surface area contributed by atoms with Gasteiger partial charge in [0.15, 0.2) is 0 Å². The van der Waals surface area contributed by atoms with Crippen molar-refractivity contribution in [3.8, 4) is 0 Å². The molecule has 1 nitrogen and oxygen atoms in total. The molecule has 1 unspecified atom stereocenters. The van der Waals surface area contributed by atoms with Crippen LogP contribution in [0, 0.1) is 12.7 Å². The monoisotopic (exact) mass is 221 g/mol. The first-order chi connectivity index (χ1) is 7.69. The van der Waals surface area contributed by atoms with Crippen molar-refractivity contribution in [1.29, 1.82) is 0 Å². The fraction of sp³-hybridized carbons (Fsp3) is 0.429. The number of benzene rings is 1. The number of hydrogen-bond donors (Lipinski definition) is 1. The van der Waals surface area contributed by atoms with Crippen LogP contribution in [0.25, 0.3) is 0 Å². The van der Waals surface area contributed by atoms with Gasteiger partial charge in [-0.2, -0.15) is 0 Å². The van der Waals surface area contributed by atoms with Gasteiger partial charge in [-0.3, -0.25) is 0 Å². The number of rotatable bonds is 6. The minimum Gasteiger partial charge on any atom is -0.310 e. The van der Waals surface area contributed by atoms with E-state index in [4.69, 9.17) is 0 Å². The average Bonchev–Trinajstić information content (AvgIpc) is 2.28. The van der Waals surface area contributed by atoms with Crippen molar-refractivity contribution in [2.75, 3.05) is 6.54 Å². The number of aryl methyl sites for hydroxylation is 1. The van der Waals surface area contributed by atoms with E-state index < -0.39 is 0 Å². The molecule has 2 heteroatoms. The molecule has 1 rings (SSSR count). The van der Waals surface area contributed by atoms with Gasteiger partial charge in [-0.25, -0.2) is 4.39 Å². The summed E-state index contributed by atoms with van der Waals surface area (Å²) in [6.07, 6.45) is 3.85. The highest BCUT2D eigenvalue weighted by Gasteiger charge is 2.09. The van der Waals surface area contributed by atoms with Gasteiger partial charge in [0.1, 0.15) is 5.82 Å². The lowest BCUT2D eigenvalue weighted by Crippen LogP contribution is -2.21. The van der Waals surface area contributed by atoms with Crippen molar-refractivity contribution < 1.29 is 4.39 Å². The Kier molecular flexibility index (Phi) is 5.20. The van der Waals surface area contributed by atoms with Crippen molar-refractivity contribution in [2.24, 2.45) is 0 Å². The fourth-order valence-corrected chi connectivity index (χ4v) is 1.71. The molecule has 1 aromatic rings. The van der Waals surface area contributed by atoms with Gasteiger partial charge in [0.25, 0.3) is 0 Å². The van der Waals surface area contributed by atoms with Crippen LogP contribution in [0.2, 0.25) is 0 Å². The lowest BCUT2D eigenvalue weighted by molar-refractivity contribution is 0.534. The first-order valence-corrected chi connectivity index (χ1v) is 5.79. The second kappa shape index (κ2) is 6.44. The highest BCUT2D eigenvalue weighted by atomic mass is 19.1. The van der Waals surface area contributed by atoms with E-state index >= 15 is 0 Å². The predicted molar refractivity (Wildman–Crippen MR) is 67.0 cm³/mol. The summed E-state index contributed by atoms with van der Waals surface area (Å²) in [4.78, 5) is 0. The van der Waals surface area contributed by atoms with Crippen LogP contribution >= 0.6 is 0 Å². The van der Waals surface area contributed by atoms with E-state index in [1.165, 1.54) is 6.07 Å². The van der Waals surface area contributed by atoms with Crippen molar-refractivity contribution in [1.82, 2.24) is 5.32 Å². The van der Waals surface area contributed by atoms with Gasteiger partial charge in [-0.05, 0) is 43.5 Å². The Balaban J connectivity index is 2.82. The molecule has 0 aromatic heterocycles. The summed E-state index contributed by atoms with van der Waals surface area (Å²) in [7, 11) is 0. The Morgan fingerprint density at radius 1 is 1.50 bits per heavy atom. The molecule has 0 radical (unpaired) electrons. The molecule has 0 aliphatic carbocycles. The van der Waals surface area contributed by atoms with Crippen LogP contribution in [0.5, 0.6) is 0 Å². The van der Waals surface area contributed by atoms with E-state index in [0.717, 1.165) is 24.9 Å². The van der Waals surface area contributed by atoms with Crippen LogP contribution in [-0.2, 0) is 0 Å². The summed E-state index contributed by atoms with van der Waals surface area (Å²) >= 11 is 0. The molecule has 1 atom stereocenters. The third-order valence-corrected chi connectivity index (χ3v) is 2.63. The fourth-order valence-electron chi connectivity index (χ4n) is 1.71. The zero-order valence-corrected chi connectivity index (χ0v) is 10.1. The van der Waals surface area contributed by atoms with E-state index in [1.807, 2.05) is 18.2 Å². The number of hydrogen-bond acceptors (Lipinski definition) is 1. The average molecular weight is 221 g/mol. The smallest absolute Gasteiger partial charge is 0.126 e. The third kappa shape index (κ3) is 3.46. The lowest BCUT2D eigenvalue weighted by Gasteiger charge is -2.18. The maximum absolute atomic E-state index is 13.2. The second-order valence-corrected chi connectivity index (χ2v) is 4.04. The van der Waals surface area contributed by atoms with Crippen LogP contribution in [-0.4, -0.2) is 6.54 Å². The van der Waals surface area contributed by atoms with Crippen LogP contribution in [0.3, 0.4) is 0 Å². The minimum atomic E-state index is -0.142. The molecule has 0 heterocycles. The first kappa shape index (κ1) is 12.9. The summed E-state index contributed by atoms with van der Waals surface area (Å²) < 4.78 is 13.2. The summed E-state index contributed by atoms with van der Waals surface area (Å²) in [6, 6.07) is 5.54. The molecule has 0 fully saturated rings. The standard InChI is InChI=1S/C14H20FN/c1-4-6-14(16-9-5-2)12-7-8-13(15)11(3)10-12/h4,7-8,10,14,16H,1,5-6,9H2,2-3H3. The van der Waals surface area contributed by atoms with Gasteiger partial charge in [0.05, 0.1) is 0 Å². The van der Waals surface area contributed by atoms with Gasteiger partial charge < -0.3 is 5.32 Å². The Morgan fingerprint density at radius 3 is 2.81 bits per heavy atom. The Hall–Kier alpha value is -1.15. The molecular formula is C14H20FN. The van der Waals surface area contributed by atoms with Gasteiger partial charge in [-0.15, -0.1) is 6.58 Å². The van der Waals surface area contributed by atoms with Crippen molar-refractivity contribution in [2.45, 2.75) is 32.7 Å². The lowest BCUT2D eigenvalue weighted by atomic mass is 10.0. The molecule has 0 saturated heterocycles. The zero-order valence-electron chi connectivity index (χ0n) is 10.1. The summed E-state index contributed by atoms with van der Waals surface area (Å²) in [5.41, 5.74) is 1.83. The van der Waals surface area contributed by atoms with Crippen molar-refractivity contribution in [3.63, 3.8) is 0 Å². The predicted octanol–water partition coefficient (Wildman–Crippen LogP) is 3.75. The van der Waals surface area contributed by atoms with Crippen LogP contribution in [0.4, 0.5) is 4.39 Å². The zero-order chi connectivity index (χ0) is 12.0. The summed E-state index contributed by atoms with van der Waals surface area (Å²) in [6.45, 7) is 8.66. The molecule has 0 aliphatic rings. The van der Waals surface area contributed by atoms with Crippen molar-refractivity contribution in [3.05, 3.63) is 47.8 Å². The number of nitrogens with one attached hydrogen (secondary N) is 1. The van der Waals surface area contributed by atoms with E-state index in [2.05, 4.69) is 18.8 Å². The highest BCUT2D eigenvalue weighted by Crippen LogP contribution is 2.19. The minimum absolute atomic E-state index is 0.142. The van der Waals surface area contributed by atoms with E-state index in [1.54, 1.807) is 6.92 Å². The molecule has 0 spiro atoms. The van der Waals surface area contributed by atoms with Gasteiger partial charge in [0, 0.05) is 6.04 Å². The SMILES string of the molecule is C=CCC(NCCC)c1ccc(F)c(C)c1. The molecule has 1 N–H and O–H groups in total. The largest absolute Gasteiger partial charge is 0.310 e. The van der Waals surface area contributed by atoms with E-state index in [9.17, 15) is 4.39 Å². The topological polar surface area (TPSA) is 12.0 Å². The van der Waals surface area contributed by atoms with E-state index in [0.29, 0.717) is 5.56 Å². The van der Waals surface area contributed by atoms with Crippen LogP contribution in [0.15, 0.2) is 30.9 Å². The highest BCUT2D eigenvalue weighted by molar-refractivity contribution is 5.26. The molecule has 88 valence electrons. The van der Waals surface area contributed by atoms with Crippen LogP contribution in [0.1, 0.15) is 36.9 Å². The molecule has 0 bridgehead atoms. The molecule has 0 saturated carbocycles. The third-order valence-electron chi connectivity index (χ3n) is 2.63. The van der Waals surface area contributed by atoms with Crippen molar-refractivity contribution >= 4 is 0 Å². The second-order valence-electron chi connectivity index (χ2n) is 4.04. The van der Waals surface area contributed by atoms with Gasteiger partial charge in [0.2, 0.25) is 0 Å². The number of halogens is 1. The first-order valence-electron chi connectivity index (χ1n) is 5.79. The molecule has 1 aromatic carbocycles. The molecular weight excluding hydrogens is 201 g/mol. The Morgan fingerprint density at radius 2 is 2.25 bits per heavy atom. The molecule has 0 aliphatic heterocycles. The summed E-state index contributed by atoms with van der Waals surface area (Å²) in [5, 5.41) is 3.44. The Labute approximate surface area is 97.4 Å². The normalized spacial score (nSPS) is 12.4. The van der Waals surface area contributed by atoms with Gasteiger partial charge >= 0.3 is 0 Å². The van der Waals surface area contributed by atoms with Crippen LogP contribution < -0.4 is 5.32 Å². The Bertz CT molecular complexity index is 347. The quantitative estimate of drug-likeness (QED) is 0.721. The molecule has 0 amide bonds. The maximum Gasteiger partial charge on any atom is 0.126 e. The van der Waals surface area contributed by atoms with Gasteiger partial charge in [-0.1, -0.05) is 25.1 Å². The maximum atomic E-state index is 13.2.